The number of aryl methyl sites for hydroxylation is 1. The number of rotatable bonds is 3. The Labute approximate surface area is 122 Å². The SMILES string of the molecule is CNc1cc(-c2ccc(C)s2)nc(-c2ccccc2)n1. The molecule has 2 aromatic heterocycles. The number of hydrogen-bond donors (Lipinski definition) is 1. The highest BCUT2D eigenvalue weighted by atomic mass is 32.1. The van der Waals surface area contributed by atoms with E-state index < -0.39 is 0 Å². The number of nitrogens with one attached hydrogen (secondary N) is 1. The van der Waals surface area contributed by atoms with Crippen molar-refractivity contribution in [2.45, 2.75) is 6.92 Å². The van der Waals surface area contributed by atoms with Gasteiger partial charge in [-0.1, -0.05) is 30.3 Å². The summed E-state index contributed by atoms with van der Waals surface area (Å²) in [5.41, 5.74) is 1.99. The van der Waals surface area contributed by atoms with E-state index in [1.807, 2.05) is 43.4 Å². The minimum atomic E-state index is 0.749. The van der Waals surface area contributed by atoms with Crippen LogP contribution in [0.15, 0.2) is 48.5 Å². The van der Waals surface area contributed by atoms with Gasteiger partial charge in [-0.25, -0.2) is 9.97 Å². The Hall–Kier alpha value is -2.20. The van der Waals surface area contributed by atoms with Crippen molar-refractivity contribution in [3.05, 3.63) is 53.4 Å². The van der Waals surface area contributed by atoms with E-state index in [1.165, 1.54) is 9.75 Å². The molecule has 2 heterocycles. The standard InChI is InChI=1S/C16H15N3S/c1-11-8-9-14(20-11)13-10-15(17-2)19-16(18-13)12-6-4-3-5-7-12/h3-10H,1-2H3,(H,17,18,19). The van der Waals surface area contributed by atoms with Crippen LogP contribution in [0.1, 0.15) is 4.88 Å². The molecule has 100 valence electrons. The summed E-state index contributed by atoms with van der Waals surface area (Å²) in [5, 5.41) is 3.11. The molecule has 0 radical (unpaired) electrons. The Bertz CT molecular complexity index is 720. The van der Waals surface area contributed by atoms with E-state index >= 15 is 0 Å². The van der Waals surface area contributed by atoms with Crippen LogP contribution in [0, 0.1) is 6.92 Å². The highest BCUT2D eigenvalue weighted by Gasteiger charge is 2.09. The van der Waals surface area contributed by atoms with Crippen molar-refractivity contribution in [2.24, 2.45) is 0 Å². The van der Waals surface area contributed by atoms with E-state index in [2.05, 4.69) is 29.4 Å². The van der Waals surface area contributed by atoms with Crippen molar-refractivity contribution in [1.82, 2.24) is 9.97 Å². The molecule has 1 N–H and O–H groups in total. The molecule has 4 heteroatoms. The molecule has 3 nitrogen and oxygen atoms in total. The first-order valence-electron chi connectivity index (χ1n) is 6.45. The molecule has 3 rings (SSSR count). The van der Waals surface area contributed by atoms with Crippen LogP contribution in [0.4, 0.5) is 5.82 Å². The molecule has 1 aromatic carbocycles. The molecule has 3 aromatic rings. The zero-order valence-corrected chi connectivity index (χ0v) is 12.2. The number of thiophene rings is 1. The topological polar surface area (TPSA) is 37.8 Å². The van der Waals surface area contributed by atoms with Gasteiger partial charge in [0.05, 0.1) is 10.6 Å². The third-order valence-electron chi connectivity index (χ3n) is 3.01. The first-order valence-corrected chi connectivity index (χ1v) is 7.27. The van der Waals surface area contributed by atoms with Crippen LogP contribution >= 0.6 is 11.3 Å². The Kier molecular flexibility index (Phi) is 3.48. The summed E-state index contributed by atoms with van der Waals surface area (Å²) in [6, 6.07) is 16.3. The fraction of sp³-hybridized carbons (Fsp3) is 0.125. The van der Waals surface area contributed by atoms with Crippen LogP contribution in [0.25, 0.3) is 22.0 Å². The number of nitrogens with zero attached hydrogens (tertiary/aromatic N) is 2. The molecule has 0 bridgehead atoms. The van der Waals surface area contributed by atoms with Gasteiger partial charge in [0.1, 0.15) is 5.82 Å². The van der Waals surface area contributed by atoms with Crippen molar-refractivity contribution in [3.8, 4) is 22.0 Å². The molecule has 20 heavy (non-hydrogen) atoms. The maximum Gasteiger partial charge on any atom is 0.162 e. The lowest BCUT2D eigenvalue weighted by molar-refractivity contribution is 1.17. The number of hydrogen-bond acceptors (Lipinski definition) is 4. The van der Waals surface area contributed by atoms with E-state index in [9.17, 15) is 0 Å². The van der Waals surface area contributed by atoms with Crippen LogP contribution in [0.3, 0.4) is 0 Å². The first kappa shape index (κ1) is 12.8. The summed E-state index contributed by atoms with van der Waals surface area (Å²) in [6.07, 6.45) is 0. The lowest BCUT2D eigenvalue weighted by Crippen LogP contribution is -1.98. The Morgan fingerprint density at radius 1 is 1.00 bits per heavy atom. The van der Waals surface area contributed by atoms with E-state index in [-0.39, 0.29) is 0 Å². The molecule has 0 saturated heterocycles. The van der Waals surface area contributed by atoms with Crippen LogP contribution in [-0.2, 0) is 0 Å². The van der Waals surface area contributed by atoms with Gasteiger partial charge in [-0.15, -0.1) is 11.3 Å². The quantitative estimate of drug-likeness (QED) is 0.781. The van der Waals surface area contributed by atoms with Gasteiger partial charge in [-0.3, -0.25) is 0 Å². The predicted molar refractivity (Wildman–Crippen MR) is 85.1 cm³/mol. The summed E-state index contributed by atoms with van der Waals surface area (Å²) >= 11 is 1.75. The van der Waals surface area contributed by atoms with Crippen molar-refractivity contribution in [3.63, 3.8) is 0 Å². The minimum absolute atomic E-state index is 0.749. The van der Waals surface area contributed by atoms with Gasteiger partial charge in [0.15, 0.2) is 5.82 Å². The number of aromatic nitrogens is 2. The summed E-state index contributed by atoms with van der Waals surface area (Å²) < 4.78 is 0. The highest BCUT2D eigenvalue weighted by molar-refractivity contribution is 7.15. The highest BCUT2D eigenvalue weighted by Crippen LogP contribution is 2.29. The normalized spacial score (nSPS) is 10.5. The third kappa shape index (κ3) is 2.56. The van der Waals surface area contributed by atoms with Crippen molar-refractivity contribution < 1.29 is 0 Å². The molecule has 0 atom stereocenters. The Morgan fingerprint density at radius 2 is 1.80 bits per heavy atom. The predicted octanol–water partition coefficient (Wildman–Crippen LogP) is 4.22. The second-order valence-corrected chi connectivity index (χ2v) is 5.78. The van der Waals surface area contributed by atoms with Crippen LogP contribution < -0.4 is 5.32 Å². The average Bonchev–Trinajstić information content (AvgIpc) is 2.94. The molecule has 0 amide bonds. The summed E-state index contributed by atoms with van der Waals surface area (Å²) in [5.74, 6) is 1.58. The fourth-order valence-corrected chi connectivity index (χ4v) is 2.82. The smallest absolute Gasteiger partial charge is 0.162 e. The van der Waals surface area contributed by atoms with Crippen molar-refractivity contribution >= 4 is 17.2 Å². The van der Waals surface area contributed by atoms with E-state index in [1.54, 1.807) is 11.3 Å². The van der Waals surface area contributed by atoms with Crippen LogP contribution in [-0.4, -0.2) is 17.0 Å². The average molecular weight is 281 g/mol. The largest absolute Gasteiger partial charge is 0.373 e. The van der Waals surface area contributed by atoms with Crippen molar-refractivity contribution in [1.29, 1.82) is 0 Å². The molecule has 0 saturated carbocycles. The fourth-order valence-electron chi connectivity index (χ4n) is 1.99. The molecule has 0 spiro atoms. The number of benzene rings is 1. The molecule has 0 aliphatic carbocycles. The van der Waals surface area contributed by atoms with Gasteiger partial charge in [-0.05, 0) is 19.1 Å². The van der Waals surface area contributed by atoms with Gasteiger partial charge in [0, 0.05) is 23.6 Å². The van der Waals surface area contributed by atoms with E-state index in [4.69, 9.17) is 4.98 Å². The van der Waals surface area contributed by atoms with Gasteiger partial charge < -0.3 is 5.32 Å². The summed E-state index contributed by atoms with van der Waals surface area (Å²) in [6.45, 7) is 2.10. The molecule has 0 fully saturated rings. The Morgan fingerprint density at radius 3 is 2.45 bits per heavy atom. The number of anilines is 1. The Balaban J connectivity index is 2.12. The van der Waals surface area contributed by atoms with E-state index in [0.717, 1.165) is 22.9 Å². The summed E-state index contributed by atoms with van der Waals surface area (Å²) in [7, 11) is 1.88. The van der Waals surface area contributed by atoms with Crippen LogP contribution in [0.2, 0.25) is 0 Å². The maximum atomic E-state index is 4.69. The van der Waals surface area contributed by atoms with E-state index in [0.29, 0.717) is 0 Å². The van der Waals surface area contributed by atoms with Crippen molar-refractivity contribution in [2.75, 3.05) is 12.4 Å². The van der Waals surface area contributed by atoms with Crippen LogP contribution in [0.5, 0.6) is 0 Å². The van der Waals surface area contributed by atoms with Gasteiger partial charge in [-0.2, -0.15) is 0 Å². The van der Waals surface area contributed by atoms with Gasteiger partial charge in [0.2, 0.25) is 0 Å². The molecule has 0 aliphatic rings. The molecule has 0 aliphatic heterocycles. The first-order chi connectivity index (χ1) is 9.76. The monoisotopic (exact) mass is 281 g/mol. The molecule has 0 unspecified atom stereocenters. The lowest BCUT2D eigenvalue weighted by atomic mass is 10.2. The molecular formula is C16H15N3S. The maximum absolute atomic E-state index is 4.69. The second-order valence-electron chi connectivity index (χ2n) is 4.49. The van der Waals surface area contributed by atoms with Gasteiger partial charge in [0.25, 0.3) is 0 Å². The summed E-state index contributed by atoms with van der Waals surface area (Å²) in [4.78, 5) is 11.7. The minimum Gasteiger partial charge on any atom is -0.373 e. The van der Waals surface area contributed by atoms with Gasteiger partial charge >= 0.3 is 0 Å². The molecular weight excluding hydrogens is 266 g/mol. The second kappa shape index (κ2) is 5.43. The lowest BCUT2D eigenvalue weighted by Gasteiger charge is -2.07. The zero-order chi connectivity index (χ0) is 13.9. The third-order valence-corrected chi connectivity index (χ3v) is 4.03. The zero-order valence-electron chi connectivity index (χ0n) is 11.4.